The first-order valence-corrected chi connectivity index (χ1v) is 7.92. The third-order valence-corrected chi connectivity index (χ3v) is 3.84. The third-order valence-electron chi connectivity index (χ3n) is 3.27. The molecule has 0 saturated carbocycles. The van der Waals surface area contributed by atoms with Crippen molar-refractivity contribution in [1.82, 2.24) is 0 Å². The molecule has 0 aromatic heterocycles. The van der Waals surface area contributed by atoms with Crippen molar-refractivity contribution in [3.8, 4) is 11.5 Å². The average Bonchev–Trinajstić information content (AvgIpc) is 2.57. The summed E-state index contributed by atoms with van der Waals surface area (Å²) in [4.78, 5) is 4.15. The Morgan fingerprint density at radius 2 is 1.78 bits per heavy atom. The van der Waals surface area contributed by atoms with E-state index < -0.39 is 0 Å². The van der Waals surface area contributed by atoms with Crippen molar-refractivity contribution in [2.75, 3.05) is 5.88 Å². The molecular weight excluding hydrogens is 331 g/mol. The van der Waals surface area contributed by atoms with E-state index in [-0.39, 0.29) is 5.88 Å². The molecule has 0 aliphatic carbocycles. The molecule has 3 aromatic carbocycles. The molecule has 0 heterocycles. The highest BCUT2D eigenvalue weighted by molar-refractivity contribution is 6.32. The van der Waals surface area contributed by atoms with Crippen LogP contribution in [0.1, 0.15) is 0 Å². The number of nitrogens with zero attached hydrogens (tertiary/aromatic N) is 1. The predicted molar refractivity (Wildman–Crippen MR) is 97.5 cm³/mol. The number of fused-ring (bicyclic) bond motifs is 1. The summed E-state index contributed by atoms with van der Waals surface area (Å²) < 4.78 is 5.87. The summed E-state index contributed by atoms with van der Waals surface area (Å²) >= 11 is 11.9. The molecule has 0 aliphatic heterocycles. The van der Waals surface area contributed by atoms with Crippen molar-refractivity contribution in [3.63, 3.8) is 0 Å². The maximum atomic E-state index is 6.26. The van der Waals surface area contributed by atoms with Gasteiger partial charge in [-0.1, -0.05) is 41.9 Å². The predicted octanol–water partition coefficient (Wildman–Crippen LogP) is 5.51. The second kappa shape index (κ2) is 6.90. The highest BCUT2D eigenvalue weighted by atomic mass is 35.5. The smallest absolute Gasteiger partial charge is 0.146 e. The second-order valence-electron chi connectivity index (χ2n) is 4.96. The van der Waals surface area contributed by atoms with E-state index in [4.69, 9.17) is 33.7 Å². The van der Waals surface area contributed by atoms with Crippen LogP contribution in [-0.4, -0.2) is 11.7 Å². The number of rotatable bonds is 4. The number of hydrogen-bond donors (Lipinski definition) is 1. The Hall–Kier alpha value is -2.23. The number of aliphatic imine (C=N–C) groups is 1. The van der Waals surface area contributed by atoms with E-state index in [1.54, 1.807) is 18.2 Å². The van der Waals surface area contributed by atoms with Gasteiger partial charge in [0.05, 0.1) is 16.6 Å². The minimum atomic E-state index is 0.174. The zero-order valence-corrected chi connectivity index (χ0v) is 13.7. The molecular formula is C18H14Cl2N2O. The highest BCUT2D eigenvalue weighted by Gasteiger charge is 2.05. The summed E-state index contributed by atoms with van der Waals surface area (Å²) in [6, 6.07) is 19.2. The Morgan fingerprint density at radius 3 is 2.52 bits per heavy atom. The average molecular weight is 345 g/mol. The van der Waals surface area contributed by atoms with Gasteiger partial charge in [-0.3, -0.25) is 0 Å². The van der Waals surface area contributed by atoms with Gasteiger partial charge >= 0.3 is 0 Å². The lowest BCUT2D eigenvalue weighted by molar-refractivity contribution is 0.484. The Morgan fingerprint density at radius 1 is 1.00 bits per heavy atom. The van der Waals surface area contributed by atoms with Gasteiger partial charge in [0.25, 0.3) is 0 Å². The fraction of sp³-hybridized carbons (Fsp3) is 0.0556. The minimum absolute atomic E-state index is 0.174. The number of amidine groups is 1. The van der Waals surface area contributed by atoms with E-state index in [0.717, 1.165) is 16.5 Å². The fourth-order valence-electron chi connectivity index (χ4n) is 2.20. The number of hydrogen-bond acceptors (Lipinski definition) is 2. The summed E-state index contributed by atoms with van der Waals surface area (Å²) in [7, 11) is 0. The van der Waals surface area contributed by atoms with Gasteiger partial charge in [0.1, 0.15) is 17.3 Å². The van der Waals surface area contributed by atoms with Crippen molar-refractivity contribution in [3.05, 3.63) is 65.7 Å². The highest BCUT2D eigenvalue weighted by Crippen LogP contribution is 2.33. The molecule has 0 spiro atoms. The van der Waals surface area contributed by atoms with E-state index in [2.05, 4.69) is 11.1 Å². The van der Waals surface area contributed by atoms with Crippen molar-refractivity contribution in [1.29, 1.82) is 0 Å². The summed E-state index contributed by atoms with van der Waals surface area (Å²) in [5.74, 6) is 1.80. The van der Waals surface area contributed by atoms with E-state index >= 15 is 0 Å². The SMILES string of the molecule is NC(CCl)=Nc1ccc(Oc2ccc3ccccc3c2)c(Cl)c1. The quantitative estimate of drug-likeness (QED) is 0.385. The van der Waals surface area contributed by atoms with Gasteiger partial charge in [-0.2, -0.15) is 0 Å². The van der Waals surface area contributed by atoms with Crippen molar-refractivity contribution < 1.29 is 4.74 Å². The molecule has 0 saturated heterocycles. The minimum Gasteiger partial charge on any atom is -0.456 e. The number of nitrogens with two attached hydrogens (primary N) is 1. The van der Waals surface area contributed by atoms with Gasteiger partial charge in [-0.25, -0.2) is 4.99 Å². The topological polar surface area (TPSA) is 47.6 Å². The van der Waals surface area contributed by atoms with Crippen molar-refractivity contribution >= 4 is 45.5 Å². The molecule has 0 aliphatic rings. The van der Waals surface area contributed by atoms with Gasteiger partial charge in [-0.15, -0.1) is 11.6 Å². The Labute approximate surface area is 144 Å². The molecule has 0 fully saturated rings. The monoisotopic (exact) mass is 344 g/mol. The summed E-state index contributed by atoms with van der Waals surface area (Å²) in [5.41, 5.74) is 6.25. The van der Waals surface area contributed by atoms with Crippen molar-refractivity contribution in [2.24, 2.45) is 10.7 Å². The molecule has 5 heteroatoms. The Balaban J connectivity index is 1.86. The maximum Gasteiger partial charge on any atom is 0.146 e. The van der Waals surface area contributed by atoms with Crippen LogP contribution in [-0.2, 0) is 0 Å². The molecule has 0 bridgehead atoms. The number of ether oxygens (including phenoxy) is 1. The van der Waals surface area contributed by atoms with Gasteiger partial charge < -0.3 is 10.5 Å². The second-order valence-corrected chi connectivity index (χ2v) is 5.64. The Bertz CT molecular complexity index is 878. The number of alkyl halides is 1. The summed E-state index contributed by atoms with van der Waals surface area (Å²) in [6.07, 6.45) is 0. The van der Waals surface area contributed by atoms with Crippen LogP contribution in [0.4, 0.5) is 5.69 Å². The molecule has 3 nitrogen and oxygen atoms in total. The van der Waals surface area contributed by atoms with E-state index in [0.29, 0.717) is 22.3 Å². The summed E-state index contributed by atoms with van der Waals surface area (Å²) in [5, 5.41) is 2.73. The van der Waals surface area contributed by atoms with Gasteiger partial charge in [0.2, 0.25) is 0 Å². The number of benzene rings is 3. The van der Waals surface area contributed by atoms with Crippen molar-refractivity contribution in [2.45, 2.75) is 0 Å². The van der Waals surface area contributed by atoms with Gasteiger partial charge in [0.15, 0.2) is 0 Å². The first-order valence-electron chi connectivity index (χ1n) is 7.01. The lowest BCUT2D eigenvalue weighted by Crippen LogP contribution is -2.12. The van der Waals surface area contributed by atoms with E-state index in [1.165, 1.54) is 0 Å². The van der Waals surface area contributed by atoms with Gasteiger partial charge in [0, 0.05) is 0 Å². The van der Waals surface area contributed by atoms with E-state index in [1.807, 2.05) is 36.4 Å². The Kier molecular flexibility index (Phi) is 4.70. The molecule has 3 rings (SSSR count). The third kappa shape index (κ3) is 3.76. The van der Waals surface area contributed by atoms with Crippen LogP contribution in [0.15, 0.2) is 65.7 Å². The molecule has 3 aromatic rings. The van der Waals surface area contributed by atoms with Gasteiger partial charge in [-0.05, 0) is 41.1 Å². The normalized spacial score (nSPS) is 11.7. The van der Waals surface area contributed by atoms with E-state index in [9.17, 15) is 0 Å². The maximum absolute atomic E-state index is 6.26. The molecule has 2 N–H and O–H groups in total. The molecule has 0 amide bonds. The van der Waals surface area contributed by atoms with Crippen LogP contribution in [0.3, 0.4) is 0 Å². The standard InChI is InChI=1S/C18H14Cl2N2O/c19-11-18(21)22-14-6-8-17(16(20)10-14)23-15-7-5-12-3-1-2-4-13(12)9-15/h1-10H,11H2,(H2,21,22). The first-order chi connectivity index (χ1) is 11.2. The largest absolute Gasteiger partial charge is 0.456 e. The molecule has 116 valence electrons. The van der Waals surface area contributed by atoms with Crippen LogP contribution >= 0.6 is 23.2 Å². The summed E-state index contributed by atoms with van der Waals surface area (Å²) in [6.45, 7) is 0. The lowest BCUT2D eigenvalue weighted by atomic mass is 10.1. The lowest BCUT2D eigenvalue weighted by Gasteiger charge is -2.09. The van der Waals surface area contributed by atoms with Crippen LogP contribution in [0.2, 0.25) is 5.02 Å². The molecule has 23 heavy (non-hydrogen) atoms. The number of halogens is 2. The first kappa shape index (κ1) is 15.7. The zero-order chi connectivity index (χ0) is 16.2. The van der Waals surface area contributed by atoms with Crippen LogP contribution in [0.25, 0.3) is 10.8 Å². The van der Waals surface area contributed by atoms with Crippen LogP contribution in [0.5, 0.6) is 11.5 Å². The fourth-order valence-corrected chi connectivity index (χ4v) is 2.47. The molecule has 0 atom stereocenters. The van der Waals surface area contributed by atoms with Crippen LogP contribution < -0.4 is 10.5 Å². The van der Waals surface area contributed by atoms with Crippen LogP contribution in [0, 0.1) is 0 Å². The molecule has 0 radical (unpaired) electrons. The molecule has 0 unspecified atom stereocenters. The zero-order valence-electron chi connectivity index (χ0n) is 12.2.